The number of nitrogens with zero attached hydrogens (tertiary/aromatic N) is 6. The predicted octanol–water partition coefficient (Wildman–Crippen LogP) is 5.27. The number of benzene rings is 1. The van der Waals surface area contributed by atoms with Gasteiger partial charge in [0.1, 0.15) is 18.1 Å². The lowest BCUT2D eigenvalue weighted by Gasteiger charge is -2.43. The molecule has 17 heteroatoms. The lowest BCUT2D eigenvalue weighted by Crippen LogP contribution is -2.65. The van der Waals surface area contributed by atoms with Gasteiger partial charge >= 0.3 is 12.0 Å². The van der Waals surface area contributed by atoms with Crippen molar-refractivity contribution in [3.05, 3.63) is 70.8 Å². The van der Waals surface area contributed by atoms with E-state index in [1.807, 2.05) is 32.2 Å². The third-order valence-electron chi connectivity index (χ3n) is 12.5. The van der Waals surface area contributed by atoms with Crippen LogP contribution in [0.4, 0.5) is 4.79 Å². The maximum atomic E-state index is 14.6. The van der Waals surface area contributed by atoms with Crippen molar-refractivity contribution in [2.24, 2.45) is 11.3 Å². The summed E-state index contributed by atoms with van der Waals surface area (Å²) in [6.45, 7) is 17.2. The minimum atomic E-state index is -1.09. The molecule has 3 N–H and O–H groups in total. The van der Waals surface area contributed by atoms with Gasteiger partial charge in [0.05, 0.1) is 40.8 Å². The Morgan fingerprint density at radius 3 is 2.62 bits per heavy atom. The topological polar surface area (TPSA) is 180 Å². The number of methoxy groups -OCH3 is 1. The van der Waals surface area contributed by atoms with Crippen molar-refractivity contribution in [1.29, 1.82) is 0 Å². The van der Waals surface area contributed by atoms with Gasteiger partial charge in [-0.2, -0.15) is 0 Å². The second-order valence-corrected chi connectivity index (χ2v) is 19.1. The van der Waals surface area contributed by atoms with Crippen LogP contribution in [0, 0.1) is 11.3 Å². The van der Waals surface area contributed by atoms with Gasteiger partial charge in [-0.25, -0.2) is 15.2 Å². The number of likely N-dealkylation sites (tertiary alicyclic amines) is 1. The summed E-state index contributed by atoms with van der Waals surface area (Å²) in [4.78, 5) is 81.0. The molecular weight excluding hydrogens is 835 g/mol. The minimum Gasteiger partial charge on any atom is -0.464 e. The zero-order chi connectivity index (χ0) is 46.0. The number of cyclic esters (lactones) is 1. The van der Waals surface area contributed by atoms with Crippen LogP contribution in [0.25, 0.3) is 33.4 Å². The molecule has 6 heterocycles. The van der Waals surface area contributed by atoms with Gasteiger partial charge in [0, 0.05) is 85.8 Å². The molecule has 4 atom stereocenters. The summed E-state index contributed by atoms with van der Waals surface area (Å²) in [7, 11) is 3.25. The number of aromatic nitrogens is 3. The van der Waals surface area contributed by atoms with Crippen molar-refractivity contribution >= 4 is 52.0 Å². The van der Waals surface area contributed by atoms with Crippen molar-refractivity contribution in [3.8, 4) is 22.5 Å². The quantitative estimate of drug-likeness (QED) is 0.140. The molecule has 64 heavy (non-hydrogen) atoms. The molecule has 0 radical (unpaired) electrons. The molecule has 2 fully saturated rings. The Hall–Kier alpha value is -5.65. The Balaban J connectivity index is 1.25. The van der Waals surface area contributed by atoms with E-state index in [1.54, 1.807) is 25.3 Å². The van der Waals surface area contributed by atoms with Gasteiger partial charge in [0.25, 0.3) is 5.91 Å². The summed E-state index contributed by atoms with van der Waals surface area (Å²) in [5.41, 5.74) is 9.23. The van der Waals surface area contributed by atoms with E-state index in [1.165, 1.54) is 27.3 Å². The third kappa shape index (κ3) is 9.56. The van der Waals surface area contributed by atoms with Gasteiger partial charge in [-0.15, -0.1) is 11.3 Å². The number of thiazole rings is 1. The largest absolute Gasteiger partial charge is 0.464 e. The number of rotatable bonds is 10. The number of hydrazine groups is 1. The Morgan fingerprint density at radius 1 is 1.16 bits per heavy atom. The number of pyridine rings is 1. The maximum absolute atomic E-state index is 14.6. The summed E-state index contributed by atoms with van der Waals surface area (Å²) in [6, 6.07) is 7.00. The van der Waals surface area contributed by atoms with E-state index >= 15 is 0 Å². The van der Waals surface area contributed by atoms with Gasteiger partial charge in [0.15, 0.2) is 0 Å². The number of amides is 5. The third-order valence-corrected chi connectivity index (χ3v) is 13.3. The Kier molecular flexibility index (Phi) is 13.9. The van der Waals surface area contributed by atoms with Gasteiger partial charge in [-0.05, 0) is 74.9 Å². The fraction of sp³-hybridized carbons (Fsp3) is 0.511. The van der Waals surface area contributed by atoms with Gasteiger partial charge in [-0.3, -0.25) is 29.2 Å². The summed E-state index contributed by atoms with van der Waals surface area (Å²) in [5, 5.41) is 10.8. The molecule has 0 spiro atoms. The first-order chi connectivity index (χ1) is 30.5. The zero-order valence-corrected chi connectivity index (χ0v) is 38.9. The number of urea groups is 1. The van der Waals surface area contributed by atoms with E-state index in [2.05, 4.69) is 72.2 Å². The molecule has 5 amide bonds. The normalized spacial score (nSPS) is 20.2. The van der Waals surface area contributed by atoms with Crippen molar-refractivity contribution in [1.82, 2.24) is 45.4 Å². The summed E-state index contributed by atoms with van der Waals surface area (Å²) >= 11 is 1.40. The Bertz CT molecular complexity index is 2420. The monoisotopic (exact) mass is 895 g/mol. The molecular formula is C47H61N9O7S. The van der Waals surface area contributed by atoms with Crippen LogP contribution in [0.1, 0.15) is 76.8 Å². The van der Waals surface area contributed by atoms with E-state index < -0.39 is 41.3 Å². The first kappa shape index (κ1) is 46.3. The average Bonchev–Trinajstić information content (AvgIpc) is 3.86. The molecule has 0 aliphatic carbocycles. The lowest BCUT2D eigenvalue weighted by molar-refractivity contribution is -0.155. The van der Waals surface area contributed by atoms with E-state index in [0.29, 0.717) is 50.4 Å². The number of nitrogens with one attached hydrogen (secondary N) is 3. The maximum Gasteiger partial charge on any atom is 0.324 e. The van der Waals surface area contributed by atoms with Crippen LogP contribution < -0.4 is 16.1 Å². The zero-order valence-electron chi connectivity index (χ0n) is 38.1. The number of carbonyl (C=O) groups is 5. The van der Waals surface area contributed by atoms with Crippen LogP contribution in [-0.4, -0.2) is 124 Å². The molecule has 2 saturated heterocycles. The summed E-state index contributed by atoms with van der Waals surface area (Å²) in [6.07, 6.45) is 4.36. The highest BCUT2D eigenvalue weighted by atomic mass is 32.1. The van der Waals surface area contributed by atoms with Crippen LogP contribution in [0.15, 0.2) is 54.6 Å². The SMILES string of the molecule is C=CC(=O)NC1CN(C(=O)N(C)[C@H](C(=O)N[C@H]2Cc3nc(cs3)-c3ccc4c(c3)c(c(-c3cccnc3[C@H](C)OC)n4CC)CC(C)(C)COC(=O)[C@@H]3CCCN(N3)C2=O)C(C)C)C1. The summed E-state index contributed by atoms with van der Waals surface area (Å²) < 4.78 is 14.2. The van der Waals surface area contributed by atoms with Crippen LogP contribution in [0.3, 0.4) is 0 Å². The van der Waals surface area contributed by atoms with E-state index in [-0.39, 0.29) is 43.0 Å². The van der Waals surface area contributed by atoms with E-state index in [9.17, 15) is 24.0 Å². The van der Waals surface area contributed by atoms with Crippen LogP contribution >= 0.6 is 11.3 Å². The average molecular weight is 896 g/mol. The van der Waals surface area contributed by atoms with Crippen molar-refractivity contribution in [2.75, 3.05) is 40.4 Å². The summed E-state index contributed by atoms with van der Waals surface area (Å²) in [5.74, 6) is -2.03. The Labute approximate surface area is 378 Å². The molecule has 16 nitrogen and oxygen atoms in total. The highest BCUT2D eigenvalue weighted by molar-refractivity contribution is 7.10. The number of hydrogen-bond acceptors (Lipinski definition) is 11. The number of fused-ring (bicyclic) bond motifs is 6. The second kappa shape index (κ2) is 19.2. The molecule has 4 aromatic rings. The number of likely N-dealkylation sites (N-methyl/N-ethyl adjacent to an activating group) is 1. The lowest BCUT2D eigenvalue weighted by atomic mass is 9.84. The molecule has 3 aliphatic rings. The van der Waals surface area contributed by atoms with Gasteiger partial charge in [0.2, 0.25) is 11.8 Å². The number of aryl methyl sites for hydroxylation is 1. The van der Waals surface area contributed by atoms with Crippen LogP contribution in [-0.2, 0) is 48.0 Å². The molecule has 1 aromatic carbocycles. The molecule has 7 rings (SSSR count). The van der Waals surface area contributed by atoms with Crippen molar-refractivity contribution < 1.29 is 33.4 Å². The molecule has 3 aliphatic heterocycles. The molecule has 342 valence electrons. The molecule has 6 bridgehead atoms. The van der Waals surface area contributed by atoms with E-state index in [4.69, 9.17) is 19.4 Å². The fourth-order valence-corrected chi connectivity index (χ4v) is 9.93. The molecule has 3 aromatic heterocycles. The molecule has 0 saturated carbocycles. The van der Waals surface area contributed by atoms with Crippen molar-refractivity contribution in [2.45, 2.75) is 104 Å². The minimum absolute atomic E-state index is 0.0708. The fourth-order valence-electron chi connectivity index (χ4n) is 9.08. The predicted molar refractivity (Wildman–Crippen MR) is 245 cm³/mol. The van der Waals surface area contributed by atoms with Gasteiger partial charge in [-0.1, -0.05) is 40.3 Å². The van der Waals surface area contributed by atoms with Crippen LogP contribution in [0.2, 0.25) is 0 Å². The standard InChI is InChI=1S/C47H61N9O7S/c1-10-38(57)49-30-23-54(24-30)46(61)53(8)41(27(3)4)43(58)51-35-21-39-50-36(25-64-39)29-16-17-37-32(20-29)33(42(55(37)11-2)31-14-12-18-48-40(31)28(5)62-9)22-47(6,7)26-63-45(60)34-15-13-19-56(52-34)44(35)59/h10,12,14,16-18,20,25,27-28,30,34-35,41,52H,1,11,13,15,19,21-24,26H2,2-9H3,(H,49,57)(H,51,58)/t28-,34-,35-,41-/m0/s1. The number of ether oxygens (including phenoxy) is 2. The molecule has 0 unspecified atom stereocenters. The highest BCUT2D eigenvalue weighted by Crippen LogP contribution is 2.42. The highest BCUT2D eigenvalue weighted by Gasteiger charge is 2.41. The van der Waals surface area contributed by atoms with Crippen LogP contribution in [0.5, 0.6) is 0 Å². The number of carbonyl (C=O) groups excluding carboxylic acids is 5. The number of hydrogen-bond donors (Lipinski definition) is 3. The second-order valence-electron chi connectivity index (χ2n) is 18.2. The first-order valence-electron chi connectivity index (χ1n) is 22.1. The Morgan fingerprint density at radius 2 is 1.92 bits per heavy atom. The van der Waals surface area contributed by atoms with Gasteiger partial charge < -0.3 is 34.5 Å². The smallest absolute Gasteiger partial charge is 0.324 e. The first-order valence-corrected chi connectivity index (χ1v) is 23.0. The number of esters is 1. The van der Waals surface area contributed by atoms with E-state index in [0.717, 1.165) is 44.7 Å². The van der Waals surface area contributed by atoms with Crippen molar-refractivity contribution in [3.63, 3.8) is 0 Å².